The molecule has 0 aromatic heterocycles. The molecule has 0 fully saturated rings. The molecule has 0 aliphatic carbocycles. The van der Waals surface area contributed by atoms with Crippen molar-refractivity contribution in [1.82, 2.24) is 4.90 Å². The van der Waals surface area contributed by atoms with Crippen LogP contribution in [-0.2, 0) is 0 Å². The van der Waals surface area contributed by atoms with Crippen molar-refractivity contribution in [2.45, 2.75) is 71.6 Å². The van der Waals surface area contributed by atoms with Gasteiger partial charge in [0.05, 0.1) is 6.10 Å². The normalized spacial score (nSPS) is 18.2. The number of nitrogens with zero attached hydrogens (tertiary/aromatic N) is 1. The Labute approximate surface area is 89.3 Å². The molecule has 0 aliphatic rings. The highest BCUT2D eigenvalue weighted by Crippen LogP contribution is 2.15. The first-order chi connectivity index (χ1) is 6.58. The summed E-state index contributed by atoms with van der Waals surface area (Å²) in [7, 11) is 2.13. The van der Waals surface area contributed by atoms with E-state index in [-0.39, 0.29) is 6.10 Å². The first-order valence-corrected chi connectivity index (χ1v) is 5.98. The average molecular weight is 201 g/mol. The molecule has 0 aromatic rings. The highest BCUT2D eigenvalue weighted by molar-refractivity contribution is 4.78. The van der Waals surface area contributed by atoms with E-state index >= 15 is 0 Å². The smallest absolute Gasteiger partial charge is 0.0695 e. The summed E-state index contributed by atoms with van der Waals surface area (Å²) in [5, 5.41) is 9.98. The summed E-state index contributed by atoms with van der Waals surface area (Å²) in [6.45, 7) is 8.70. The van der Waals surface area contributed by atoms with E-state index in [0.29, 0.717) is 12.1 Å². The van der Waals surface area contributed by atoms with Gasteiger partial charge in [0.2, 0.25) is 0 Å². The van der Waals surface area contributed by atoms with E-state index < -0.39 is 0 Å². The van der Waals surface area contributed by atoms with E-state index in [1.165, 1.54) is 0 Å². The van der Waals surface area contributed by atoms with Crippen LogP contribution in [0.4, 0.5) is 0 Å². The van der Waals surface area contributed by atoms with Crippen molar-refractivity contribution in [3.63, 3.8) is 0 Å². The maximum absolute atomic E-state index is 9.98. The quantitative estimate of drug-likeness (QED) is 0.684. The van der Waals surface area contributed by atoms with Crippen LogP contribution in [0.3, 0.4) is 0 Å². The van der Waals surface area contributed by atoms with Crippen molar-refractivity contribution in [2.75, 3.05) is 7.05 Å². The third-order valence-electron chi connectivity index (χ3n) is 3.26. The van der Waals surface area contributed by atoms with Gasteiger partial charge in [0, 0.05) is 12.1 Å². The molecule has 0 amide bonds. The van der Waals surface area contributed by atoms with Gasteiger partial charge in [-0.15, -0.1) is 0 Å². The minimum absolute atomic E-state index is 0.163. The summed E-state index contributed by atoms with van der Waals surface area (Å²) in [6.07, 6.45) is 3.99. The predicted octanol–water partition coefficient (Wildman–Crippen LogP) is 2.66. The topological polar surface area (TPSA) is 23.5 Å². The number of hydrogen-bond donors (Lipinski definition) is 1. The Balaban J connectivity index is 4.23. The lowest BCUT2D eigenvalue weighted by Gasteiger charge is -2.35. The van der Waals surface area contributed by atoms with Gasteiger partial charge in [-0.05, 0) is 33.2 Å². The standard InChI is InChI=1S/C12H27NO/c1-6-9-12(14)11(8-3)13(5)10(4)7-2/h10-12,14H,6-9H2,1-5H3. The molecular weight excluding hydrogens is 174 g/mol. The van der Waals surface area contributed by atoms with Gasteiger partial charge in [-0.1, -0.05) is 27.2 Å². The van der Waals surface area contributed by atoms with Gasteiger partial charge in [-0.2, -0.15) is 0 Å². The predicted molar refractivity (Wildman–Crippen MR) is 62.5 cm³/mol. The SMILES string of the molecule is CCCC(O)C(CC)N(C)C(C)CC. The van der Waals surface area contributed by atoms with Gasteiger partial charge in [0.15, 0.2) is 0 Å². The Kier molecular flexibility index (Phi) is 7.20. The highest BCUT2D eigenvalue weighted by atomic mass is 16.3. The lowest BCUT2D eigenvalue weighted by molar-refractivity contribution is 0.0354. The summed E-state index contributed by atoms with van der Waals surface area (Å²) in [5.74, 6) is 0. The molecule has 0 saturated carbocycles. The van der Waals surface area contributed by atoms with Crippen molar-refractivity contribution < 1.29 is 5.11 Å². The Morgan fingerprint density at radius 3 is 2.07 bits per heavy atom. The van der Waals surface area contributed by atoms with Crippen LogP contribution in [0.2, 0.25) is 0 Å². The summed E-state index contributed by atoms with van der Waals surface area (Å²) in [4.78, 5) is 2.32. The molecule has 0 heterocycles. The van der Waals surface area contributed by atoms with Gasteiger partial charge in [0.1, 0.15) is 0 Å². The van der Waals surface area contributed by atoms with Crippen molar-refractivity contribution >= 4 is 0 Å². The zero-order valence-electron chi connectivity index (χ0n) is 10.5. The zero-order chi connectivity index (χ0) is 11.1. The molecule has 1 N–H and O–H groups in total. The van der Waals surface area contributed by atoms with Gasteiger partial charge < -0.3 is 5.11 Å². The Morgan fingerprint density at radius 1 is 1.14 bits per heavy atom. The molecule has 0 spiro atoms. The van der Waals surface area contributed by atoms with Crippen molar-refractivity contribution in [3.8, 4) is 0 Å². The molecular formula is C12H27NO. The molecule has 3 unspecified atom stereocenters. The van der Waals surface area contributed by atoms with E-state index in [9.17, 15) is 5.11 Å². The molecule has 0 saturated heterocycles. The van der Waals surface area contributed by atoms with Gasteiger partial charge >= 0.3 is 0 Å². The lowest BCUT2D eigenvalue weighted by atomic mass is 10.0. The van der Waals surface area contributed by atoms with E-state index in [4.69, 9.17) is 0 Å². The van der Waals surface area contributed by atoms with Crippen LogP contribution >= 0.6 is 0 Å². The Morgan fingerprint density at radius 2 is 1.71 bits per heavy atom. The van der Waals surface area contributed by atoms with Crippen molar-refractivity contribution in [1.29, 1.82) is 0 Å². The molecule has 0 aliphatic heterocycles. The molecule has 0 bridgehead atoms. The zero-order valence-corrected chi connectivity index (χ0v) is 10.5. The summed E-state index contributed by atoms with van der Waals surface area (Å²) < 4.78 is 0. The molecule has 3 atom stereocenters. The van der Waals surface area contributed by atoms with E-state index in [2.05, 4.69) is 39.6 Å². The lowest BCUT2D eigenvalue weighted by Crippen LogP contribution is -2.45. The second-order valence-electron chi connectivity index (χ2n) is 4.25. The molecule has 2 nitrogen and oxygen atoms in total. The van der Waals surface area contributed by atoms with E-state index in [1.54, 1.807) is 0 Å². The van der Waals surface area contributed by atoms with Crippen LogP contribution in [0.1, 0.15) is 53.4 Å². The highest BCUT2D eigenvalue weighted by Gasteiger charge is 2.23. The van der Waals surface area contributed by atoms with E-state index in [1.807, 2.05) is 0 Å². The van der Waals surface area contributed by atoms with Crippen LogP contribution in [0.5, 0.6) is 0 Å². The van der Waals surface area contributed by atoms with Crippen LogP contribution in [0.25, 0.3) is 0 Å². The van der Waals surface area contributed by atoms with Crippen molar-refractivity contribution in [2.24, 2.45) is 0 Å². The number of likely N-dealkylation sites (N-methyl/N-ethyl adjacent to an activating group) is 1. The fourth-order valence-electron chi connectivity index (χ4n) is 1.93. The Bertz CT molecular complexity index is 138. The molecule has 0 aromatic carbocycles. The number of aliphatic hydroxyl groups is 1. The van der Waals surface area contributed by atoms with Gasteiger partial charge in [-0.25, -0.2) is 0 Å². The van der Waals surface area contributed by atoms with Crippen LogP contribution in [0, 0.1) is 0 Å². The number of rotatable bonds is 7. The summed E-state index contributed by atoms with van der Waals surface area (Å²) in [5.41, 5.74) is 0. The van der Waals surface area contributed by atoms with Crippen LogP contribution in [-0.4, -0.2) is 35.2 Å². The largest absolute Gasteiger partial charge is 0.391 e. The third kappa shape index (κ3) is 3.97. The third-order valence-corrected chi connectivity index (χ3v) is 3.26. The van der Waals surface area contributed by atoms with E-state index in [0.717, 1.165) is 25.7 Å². The summed E-state index contributed by atoms with van der Waals surface area (Å²) in [6, 6.07) is 0.886. The molecule has 14 heavy (non-hydrogen) atoms. The Hall–Kier alpha value is -0.0800. The average Bonchev–Trinajstić information content (AvgIpc) is 2.18. The molecule has 86 valence electrons. The second kappa shape index (κ2) is 7.24. The molecule has 2 heteroatoms. The maximum atomic E-state index is 9.98. The minimum atomic E-state index is -0.163. The van der Waals surface area contributed by atoms with Gasteiger partial charge in [0.25, 0.3) is 0 Å². The van der Waals surface area contributed by atoms with Crippen molar-refractivity contribution in [3.05, 3.63) is 0 Å². The van der Waals surface area contributed by atoms with Crippen LogP contribution < -0.4 is 0 Å². The molecule has 0 radical (unpaired) electrons. The minimum Gasteiger partial charge on any atom is -0.391 e. The first kappa shape index (κ1) is 13.9. The maximum Gasteiger partial charge on any atom is 0.0695 e. The number of hydrogen-bond acceptors (Lipinski definition) is 2. The fraction of sp³-hybridized carbons (Fsp3) is 1.00. The summed E-state index contributed by atoms with van der Waals surface area (Å²) >= 11 is 0. The molecule has 0 rings (SSSR count). The number of aliphatic hydroxyl groups excluding tert-OH is 1. The monoisotopic (exact) mass is 201 g/mol. The van der Waals surface area contributed by atoms with Gasteiger partial charge in [-0.3, -0.25) is 4.90 Å². The fourth-order valence-corrected chi connectivity index (χ4v) is 1.93. The van der Waals surface area contributed by atoms with Crippen LogP contribution in [0.15, 0.2) is 0 Å². The second-order valence-corrected chi connectivity index (χ2v) is 4.25. The first-order valence-electron chi connectivity index (χ1n) is 5.98.